The highest BCUT2D eigenvalue weighted by molar-refractivity contribution is 5.27. The molecule has 2 aromatic rings. The lowest BCUT2D eigenvalue weighted by molar-refractivity contribution is 0.118. The molecule has 2 rings (SSSR count). The summed E-state index contributed by atoms with van der Waals surface area (Å²) < 4.78 is 5.20. The van der Waals surface area contributed by atoms with Crippen molar-refractivity contribution in [3.63, 3.8) is 0 Å². The fourth-order valence-corrected chi connectivity index (χ4v) is 2.76. The Hall–Kier alpha value is -2.28. The van der Waals surface area contributed by atoms with Crippen LogP contribution in [-0.2, 0) is 13.0 Å². The van der Waals surface area contributed by atoms with Crippen LogP contribution in [0, 0.1) is 12.3 Å². The van der Waals surface area contributed by atoms with Crippen molar-refractivity contribution in [2.75, 3.05) is 20.3 Å². The summed E-state index contributed by atoms with van der Waals surface area (Å²) in [6.45, 7) is 1.65. The molecular weight excluding hydrogens is 298 g/mol. The van der Waals surface area contributed by atoms with Crippen molar-refractivity contribution in [3.8, 4) is 18.1 Å². The molecule has 0 aliphatic rings. The van der Waals surface area contributed by atoms with Crippen LogP contribution in [0.5, 0.6) is 5.75 Å². The number of aliphatic hydroxyl groups is 1. The van der Waals surface area contributed by atoms with E-state index < -0.39 is 0 Å². The molecule has 0 saturated carbocycles. The molecule has 2 aromatic carbocycles. The summed E-state index contributed by atoms with van der Waals surface area (Å²) in [5.41, 5.74) is 2.40. The van der Waals surface area contributed by atoms with Crippen molar-refractivity contribution in [3.05, 3.63) is 65.7 Å². The van der Waals surface area contributed by atoms with Gasteiger partial charge in [0.25, 0.3) is 0 Å². The predicted octanol–water partition coefficient (Wildman–Crippen LogP) is 3.12. The van der Waals surface area contributed by atoms with E-state index in [0.717, 1.165) is 25.3 Å². The van der Waals surface area contributed by atoms with E-state index in [4.69, 9.17) is 11.2 Å². The van der Waals surface area contributed by atoms with Crippen molar-refractivity contribution < 1.29 is 9.84 Å². The van der Waals surface area contributed by atoms with Crippen LogP contribution in [0.2, 0.25) is 0 Å². The second kappa shape index (κ2) is 9.77. The Balaban J connectivity index is 2.09. The van der Waals surface area contributed by atoms with E-state index in [1.165, 1.54) is 11.1 Å². The lowest BCUT2D eigenvalue weighted by Crippen LogP contribution is -2.39. The van der Waals surface area contributed by atoms with Gasteiger partial charge in [-0.15, -0.1) is 12.3 Å². The zero-order chi connectivity index (χ0) is 17.2. The van der Waals surface area contributed by atoms with Gasteiger partial charge in [-0.2, -0.15) is 0 Å². The molecule has 126 valence electrons. The van der Waals surface area contributed by atoms with Gasteiger partial charge in [0, 0.05) is 25.6 Å². The lowest BCUT2D eigenvalue weighted by atomic mass is 10.0. The van der Waals surface area contributed by atoms with Gasteiger partial charge < -0.3 is 9.84 Å². The van der Waals surface area contributed by atoms with Gasteiger partial charge in [-0.05, 0) is 29.7 Å². The predicted molar refractivity (Wildman–Crippen MR) is 97.9 cm³/mol. The van der Waals surface area contributed by atoms with Gasteiger partial charge in [-0.1, -0.05) is 42.5 Å². The van der Waals surface area contributed by atoms with Crippen molar-refractivity contribution in [1.29, 1.82) is 0 Å². The monoisotopic (exact) mass is 323 g/mol. The van der Waals surface area contributed by atoms with Crippen LogP contribution in [0.3, 0.4) is 0 Å². The quantitative estimate of drug-likeness (QED) is 0.720. The van der Waals surface area contributed by atoms with E-state index in [0.29, 0.717) is 6.42 Å². The Labute approximate surface area is 144 Å². The molecule has 0 aromatic heterocycles. The molecule has 0 unspecified atom stereocenters. The molecule has 0 aliphatic heterocycles. The minimum atomic E-state index is 0.0342. The van der Waals surface area contributed by atoms with Crippen molar-refractivity contribution >= 4 is 0 Å². The first kappa shape index (κ1) is 18.1. The summed E-state index contributed by atoms with van der Waals surface area (Å²) in [7, 11) is 1.66. The van der Waals surface area contributed by atoms with Gasteiger partial charge in [0.05, 0.1) is 13.7 Å². The average Bonchev–Trinajstić information content (AvgIpc) is 2.64. The number of hydrogen-bond donors (Lipinski definition) is 1. The molecule has 0 fully saturated rings. The summed E-state index contributed by atoms with van der Waals surface area (Å²) in [5, 5.41) is 9.92. The zero-order valence-corrected chi connectivity index (χ0v) is 14.2. The molecule has 0 radical (unpaired) electrons. The molecule has 0 amide bonds. The van der Waals surface area contributed by atoms with Crippen LogP contribution in [0.1, 0.15) is 17.5 Å². The maximum absolute atomic E-state index is 9.92. The smallest absolute Gasteiger partial charge is 0.118 e. The number of terminal acetylenes is 1. The molecule has 0 spiro atoms. The van der Waals surface area contributed by atoms with Crippen LogP contribution in [-0.4, -0.2) is 36.3 Å². The number of aliphatic hydroxyl groups excluding tert-OH is 1. The van der Waals surface area contributed by atoms with E-state index in [1.54, 1.807) is 7.11 Å². The third kappa shape index (κ3) is 5.42. The summed E-state index contributed by atoms with van der Waals surface area (Å²) in [4.78, 5) is 2.26. The molecule has 0 aliphatic carbocycles. The summed E-state index contributed by atoms with van der Waals surface area (Å²) in [6.07, 6.45) is 6.89. The molecule has 24 heavy (non-hydrogen) atoms. The number of benzene rings is 2. The van der Waals surface area contributed by atoms with Crippen LogP contribution in [0.4, 0.5) is 0 Å². The van der Waals surface area contributed by atoms with E-state index in [9.17, 15) is 5.11 Å². The van der Waals surface area contributed by atoms with Crippen molar-refractivity contribution in [2.24, 2.45) is 0 Å². The second-order valence-corrected chi connectivity index (χ2v) is 5.80. The van der Waals surface area contributed by atoms with Crippen LogP contribution >= 0.6 is 0 Å². The molecule has 1 atom stereocenters. The first-order valence-corrected chi connectivity index (χ1v) is 8.22. The highest BCUT2D eigenvalue weighted by Crippen LogP contribution is 2.16. The van der Waals surface area contributed by atoms with E-state index >= 15 is 0 Å². The Kier molecular flexibility index (Phi) is 7.35. The highest BCUT2D eigenvalue weighted by atomic mass is 16.5. The maximum Gasteiger partial charge on any atom is 0.118 e. The van der Waals surface area contributed by atoms with Crippen LogP contribution < -0.4 is 4.74 Å². The SMILES string of the molecule is C#CCCN(Cc1ccccc1)[C@@H](CO)Cc1ccc(OC)cc1. The van der Waals surface area contributed by atoms with Gasteiger partial charge in [0.2, 0.25) is 0 Å². The minimum Gasteiger partial charge on any atom is -0.497 e. The Morgan fingerprint density at radius 3 is 2.38 bits per heavy atom. The minimum absolute atomic E-state index is 0.0342. The van der Waals surface area contributed by atoms with Crippen molar-refractivity contribution in [1.82, 2.24) is 4.90 Å². The number of hydrogen-bond acceptors (Lipinski definition) is 3. The average molecular weight is 323 g/mol. The fraction of sp³-hybridized carbons (Fsp3) is 0.333. The van der Waals surface area contributed by atoms with Crippen LogP contribution in [0.15, 0.2) is 54.6 Å². The first-order chi connectivity index (χ1) is 11.8. The summed E-state index contributed by atoms with van der Waals surface area (Å²) in [6, 6.07) is 18.3. The maximum atomic E-state index is 9.92. The Bertz CT molecular complexity index is 631. The number of ether oxygens (including phenoxy) is 1. The first-order valence-electron chi connectivity index (χ1n) is 8.22. The fourth-order valence-electron chi connectivity index (χ4n) is 2.76. The molecule has 3 heteroatoms. The van der Waals surface area contributed by atoms with Gasteiger partial charge >= 0.3 is 0 Å². The highest BCUT2D eigenvalue weighted by Gasteiger charge is 2.18. The number of rotatable bonds is 9. The molecular formula is C21H25NO2. The van der Waals surface area contributed by atoms with E-state index in [2.05, 4.69) is 23.0 Å². The number of nitrogens with zero attached hydrogens (tertiary/aromatic N) is 1. The summed E-state index contributed by atoms with van der Waals surface area (Å²) in [5.74, 6) is 3.54. The molecule has 1 N–H and O–H groups in total. The molecule has 0 bridgehead atoms. The Morgan fingerprint density at radius 1 is 1.08 bits per heavy atom. The van der Waals surface area contributed by atoms with Gasteiger partial charge in [-0.3, -0.25) is 4.90 Å². The molecule has 0 saturated heterocycles. The third-order valence-electron chi connectivity index (χ3n) is 4.13. The second-order valence-electron chi connectivity index (χ2n) is 5.80. The standard InChI is InChI=1S/C21H25NO2/c1-3-4-14-22(16-19-8-6-5-7-9-19)20(17-23)15-18-10-12-21(24-2)13-11-18/h1,5-13,20,23H,4,14-17H2,2H3/t20-/m1/s1. The summed E-state index contributed by atoms with van der Waals surface area (Å²) >= 11 is 0. The number of methoxy groups -OCH3 is 1. The van der Waals surface area contributed by atoms with Gasteiger partial charge in [0.15, 0.2) is 0 Å². The normalized spacial score (nSPS) is 11.9. The van der Waals surface area contributed by atoms with Gasteiger partial charge in [-0.25, -0.2) is 0 Å². The zero-order valence-electron chi connectivity index (χ0n) is 14.2. The van der Waals surface area contributed by atoms with E-state index in [-0.39, 0.29) is 12.6 Å². The molecule has 0 heterocycles. The van der Waals surface area contributed by atoms with Gasteiger partial charge in [0.1, 0.15) is 5.75 Å². The molecule has 3 nitrogen and oxygen atoms in total. The van der Waals surface area contributed by atoms with Crippen molar-refractivity contribution in [2.45, 2.75) is 25.4 Å². The third-order valence-corrected chi connectivity index (χ3v) is 4.13. The topological polar surface area (TPSA) is 32.7 Å². The Morgan fingerprint density at radius 2 is 1.79 bits per heavy atom. The largest absolute Gasteiger partial charge is 0.497 e. The van der Waals surface area contributed by atoms with E-state index in [1.807, 2.05) is 42.5 Å². The van der Waals surface area contributed by atoms with Crippen LogP contribution in [0.25, 0.3) is 0 Å². The lowest BCUT2D eigenvalue weighted by Gasteiger charge is -2.30.